The second kappa shape index (κ2) is 4.81. The van der Waals surface area contributed by atoms with E-state index in [0.29, 0.717) is 20.7 Å². The van der Waals surface area contributed by atoms with Gasteiger partial charge in [0.1, 0.15) is 0 Å². The molecule has 2 rings (SSSR count). The van der Waals surface area contributed by atoms with Crippen molar-refractivity contribution in [3.63, 3.8) is 0 Å². The summed E-state index contributed by atoms with van der Waals surface area (Å²) in [6.07, 6.45) is 1.35. The summed E-state index contributed by atoms with van der Waals surface area (Å²) in [5.41, 5.74) is 0.438. The molecule has 0 saturated heterocycles. The van der Waals surface area contributed by atoms with Crippen molar-refractivity contribution in [3.8, 4) is 0 Å². The molecule has 2 aromatic rings. The maximum atomic E-state index is 11.6. The largest absolute Gasteiger partial charge is 0.618 e. The van der Waals surface area contributed by atoms with Crippen LogP contribution in [0.5, 0.6) is 0 Å². The van der Waals surface area contributed by atoms with Crippen LogP contribution in [0.3, 0.4) is 0 Å². The molecule has 1 heterocycles. The summed E-state index contributed by atoms with van der Waals surface area (Å²) >= 11 is 7.00. The fourth-order valence-electron chi connectivity index (χ4n) is 1.47. The van der Waals surface area contributed by atoms with E-state index in [1.165, 1.54) is 18.0 Å². The van der Waals surface area contributed by atoms with Gasteiger partial charge in [0.2, 0.25) is 5.52 Å². The van der Waals surface area contributed by atoms with Crippen LogP contribution in [0.25, 0.3) is 10.9 Å². The number of carbonyl (C=O) groups is 1. The lowest BCUT2D eigenvalue weighted by atomic mass is 10.2. The summed E-state index contributed by atoms with van der Waals surface area (Å²) in [4.78, 5) is 11.3. The van der Waals surface area contributed by atoms with Gasteiger partial charge in [0.05, 0.1) is 11.1 Å². The Morgan fingerprint density at radius 2 is 2.24 bits per heavy atom. The van der Waals surface area contributed by atoms with Crippen molar-refractivity contribution in [1.29, 1.82) is 0 Å². The van der Waals surface area contributed by atoms with Crippen LogP contribution in [0.2, 0.25) is 5.02 Å². The number of rotatable bonds is 3. The van der Waals surface area contributed by atoms with E-state index < -0.39 is 5.97 Å². The minimum absolute atomic E-state index is 0.0411. The van der Waals surface area contributed by atoms with Gasteiger partial charge in [0, 0.05) is 22.1 Å². The van der Waals surface area contributed by atoms with Crippen molar-refractivity contribution in [2.24, 2.45) is 0 Å². The highest BCUT2D eigenvalue weighted by Crippen LogP contribution is 2.27. The monoisotopic (exact) mass is 269 g/mol. The SMILES string of the molecule is O=C(O)CSc1cc[n+]([O-])c2cc(Cl)ccc12. The third-order valence-corrected chi connectivity index (χ3v) is 3.47. The topological polar surface area (TPSA) is 64.2 Å². The number of aliphatic carboxylic acids is 1. The van der Waals surface area contributed by atoms with Gasteiger partial charge in [-0.15, -0.1) is 11.8 Å². The normalized spacial score (nSPS) is 10.6. The number of hydrogen-bond donors (Lipinski definition) is 1. The molecule has 0 spiro atoms. The molecule has 88 valence electrons. The second-order valence-electron chi connectivity index (χ2n) is 3.35. The van der Waals surface area contributed by atoms with Crippen molar-refractivity contribution >= 4 is 40.2 Å². The fraction of sp³-hybridized carbons (Fsp3) is 0.0909. The molecule has 0 unspecified atom stereocenters. The zero-order valence-corrected chi connectivity index (χ0v) is 10.2. The number of hydrogen-bond acceptors (Lipinski definition) is 3. The number of carboxylic acid groups (broad SMARTS) is 1. The number of halogens is 1. The van der Waals surface area contributed by atoms with Gasteiger partial charge in [-0.3, -0.25) is 4.79 Å². The number of carboxylic acids is 1. The van der Waals surface area contributed by atoms with E-state index in [0.717, 1.165) is 4.90 Å². The summed E-state index contributed by atoms with van der Waals surface area (Å²) in [6, 6.07) is 6.57. The van der Waals surface area contributed by atoms with Crippen LogP contribution in [-0.2, 0) is 4.79 Å². The molecule has 4 nitrogen and oxygen atoms in total. The molecule has 6 heteroatoms. The number of fused-ring (bicyclic) bond motifs is 1. The Morgan fingerprint density at radius 1 is 1.47 bits per heavy atom. The molecule has 0 bridgehead atoms. The minimum atomic E-state index is -0.893. The summed E-state index contributed by atoms with van der Waals surface area (Å²) in [6.45, 7) is 0. The molecule has 0 fully saturated rings. The number of pyridine rings is 1. The Kier molecular flexibility index (Phi) is 3.40. The first-order valence-electron chi connectivity index (χ1n) is 4.74. The lowest BCUT2D eigenvalue weighted by Gasteiger charge is -2.06. The highest BCUT2D eigenvalue weighted by atomic mass is 35.5. The van der Waals surface area contributed by atoms with E-state index in [1.54, 1.807) is 24.3 Å². The molecule has 0 saturated carbocycles. The van der Waals surface area contributed by atoms with Crippen LogP contribution < -0.4 is 4.73 Å². The summed E-state index contributed by atoms with van der Waals surface area (Å²) < 4.78 is 0.714. The van der Waals surface area contributed by atoms with Gasteiger partial charge < -0.3 is 10.3 Å². The van der Waals surface area contributed by atoms with Crippen LogP contribution in [-0.4, -0.2) is 16.8 Å². The predicted octanol–water partition coefficient (Wildman–Crippen LogP) is 2.30. The summed E-state index contributed by atoms with van der Waals surface area (Å²) in [7, 11) is 0. The minimum Gasteiger partial charge on any atom is -0.618 e. The number of nitrogens with zero attached hydrogens (tertiary/aromatic N) is 1. The first kappa shape index (κ1) is 12.0. The summed E-state index contributed by atoms with van der Waals surface area (Å²) in [5, 5.41) is 21.4. The van der Waals surface area contributed by atoms with Gasteiger partial charge in [-0.1, -0.05) is 11.6 Å². The molecule has 0 amide bonds. The third kappa shape index (κ3) is 2.62. The Hall–Kier alpha value is -1.46. The molecule has 0 aliphatic rings. The molecule has 1 aromatic heterocycles. The van der Waals surface area contributed by atoms with Crippen LogP contribution >= 0.6 is 23.4 Å². The number of aromatic nitrogens is 1. The highest BCUT2D eigenvalue weighted by Gasteiger charge is 2.11. The van der Waals surface area contributed by atoms with E-state index in [1.807, 2.05) is 0 Å². The average molecular weight is 270 g/mol. The molecular weight excluding hydrogens is 262 g/mol. The van der Waals surface area contributed by atoms with Gasteiger partial charge in [0.25, 0.3) is 0 Å². The Labute approximate surface area is 106 Å². The van der Waals surface area contributed by atoms with Gasteiger partial charge in [-0.25, -0.2) is 0 Å². The average Bonchev–Trinajstić information content (AvgIpc) is 2.28. The van der Waals surface area contributed by atoms with Crippen LogP contribution in [0.4, 0.5) is 0 Å². The molecule has 0 atom stereocenters. The second-order valence-corrected chi connectivity index (χ2v) is 4.80. The zero-order valence-electron chi connectivity index (χ0n) is 8.59. The van der Waals surface area contributed by atoms with Crippen molar-refractivity contribution in [2.75, 3.05) is 5.75 Å². The summed E-state index contributed by atoms with van der Waals surface area (Å²) in [5.74, 6) is -0.934. The van der Waals surface area contributed by atoms with E-state index in [4.69, 9.17) is 16.7 Å². The van der Waals surface area contributed by atoms with Crippen molar-refractivity contribution in [2.45, 2.75) is 4.90 Å². The molecule has 1 N–H and O–H groups in total. The van der Waals surface area contributed by atoms with E-state index in [2.05, 4.69) is 0 Å². The maximum absolute atomic E-state index is 11.6. The molecule has 0 aliphatic heterocycles. The van der Waals surface area contributed by atoms with E-state index >= 15 is 0 Å². The molecule has 0 radical (unpaired) electrons. The maximum Gasteiger partial charge on any atom is 0.313 e. The predicted molar refractivity (Wildman–Crippen MR) is 66.3 cm³/mol. The Bertz CT molecular complexity index is 588. The third-order valence-electron chi connectivity index (χ3n) is 2.18. The zero-order chi connectivity index (χ0) is 12.4. The molecular formula is C11H8ClNO3S. The Balaban J connectivity index is 2.50. The van der Waals surface area contributed by atoms with Gasteiger partial charge in [-0.05, 0) is 12.1 Å². The lowest BCUT2D eigenvalue weighted by molar-refractivity contribution is -0.577. The lowest BCUT2D eigenvalue weighted by Crippen LogP contribution is -2.26. The molecule has 1 aromatic carbocycles. The van der Waals surface area contributed by atoms with Gasteiger partial charge in [0.15, 0.2) is 6.20 Å². The van der Waals surface area contributed by atoms with Gasteiger partial charge >= 0.3 is 5.97 Å². The van der Waals surface area contributed by atoms with E-state index in [9.17, 15) is 10.0 Å². The number of thioether (sulfide) groups is 1. The quantitative estimate of drug-likeness (QED) is 0.528. The van der Waals surface area contributed by atoms with Crippen molar-refractivity contribution in [3.05, 3.63) is 40.7 Å². The highest BCUT2D eigenvalue weighted by molar-refractivity contribution is 8.00. The van der Waals surface area contributed by atoms with Gasteiger partial charge in [-0.2, -0.15) is 4.73 Å². The molecule has 17 heavy (non-hydrogen) atoms. The van der Waals surface area contributed by atoms with Crippen molar-refractivity contribution < 1.29 is 14.6 Å². The molecule has 0 aliphatic carbocycles. The number of benzene rings is 1. The van der Waals surface area contributed by atoms with E-state index in [-0.39, 0.29) is 5.75 Å². The first-order chi connectivity index (χ1) is 8.08. The standard InChI is InChI=1S/C11H8ClNO3S/c12-7-1-2-8-9(5-7)13(16)4-3-10(8)17-6-11(14)15/h1-5H,6H2,(H,14,15). The van der Waals surface area contributed by atoms with Crippen LogP contribution in [0.15, 0.2) is 35.4 Å². The first-order valence-corrected chi connectivity index (χ1v) is 6.10. The van der Waals surface area contributed by atoms with Crippen LogP contribution in [0.1, 0.15) is 0 Å². The van der Waals surface area contributed by atoms with Crippen molar-refractivity contribution in [1.82, 2.24) is 0 Å². The fourth-order valence-corrected chi connectivity index (χ4v) is 2.40. The Morgan fingerprint density at radius 3 is 2.94 bits per heavy atom. The smallest absolute Gasteiger partial charge is 0.313 e. The van der Waals surface area contributed by atoms with Crippen LogP contribution in [0, 0.1) is 5.21 Å².